The van der Waals surface area contributed by atoms with Crippen molar-refractivity contribution < 1.29 is 19.0 Å². The van der Waals surface area contributed by atoms with E-state index in [0.717, 1.165) is 44.8 Å². The van der Waals surface area contributed by atoms with E-state index in [9.17, 15) is 0 Å². The normalized spacial score (nSPS) is 11.8. The molecule has 0 unspecified atom stereocenters. The van der Waals surface area contributed by atoms with Crippen LogP contribution in [0.2, 0.25) is 0 Å². The van der Waals surface area contributed by atoms with Crippen molar-refractivity contribution in [2.24, 2.45) is 0 Å². The Morgan fingerprint density at radius 2 is 1.81 bits per heavy atom. The highest BCUT2D eigenvalue weighted by Crippen LogP contribution is 2.29. The highest BCUT2D eigenvalue weighted by molar-refractivity contribution is 14.1. The zero-order valence-corrected chi connectivity index (χ0v) is 21.1. The van der Waals surface area contributed by atoms with Crippen LogP contribution in [0, 0.1) is 0 Å². The van der Waals surface area contributed by atoms with Crippen molar-refractivity contribution in [3.05, 3.63) is 47.0 Å². The minimum atomic E-state index is 0.485. The molecule has 168 valence electrons. The first-order valence-corrected chi connectivity index (χ1v) is 13.0. The molecule has 2 heterocycles. The second-order valence-electron chi connectivity index (χ2n) is 7.03. The largest absolute Gasteiger partial charge is 0.370 e. The Hall–Kier alpha value is -2.08. The molecule has 0 saturated heterocycles. The Labute approximate surface area is 204 Å². The standard InChI is InChI=1S/C23H26IN4O3S/c1-3-27(4-2)19-11-9-17(22-23(19)26-31-25-22)10-12-21-28(14-16-30-29-15-13-24)18-7-5-6-8-20(18)32-21/h5-12H,3-4,13-16H2,1-2H3/q+1. The lowest BCUT2D eigenvalue weighted by molar-refractivity contribution is -0.674. The molecule has 2 aromatic carbocycles. The molecule has 0 aliphatic heterocycles. The lowest BCUT2D eigenvalue weighted by Crippen LogP contribution is -2.37. The minimum Gasteiger partial charge on any atom is -0.370 e. The predicted molar refractivity (Wildman–Crippen MR) is 137 cm³/mol. The molecular weight excluding hydrogens is 539 g/mol. The maximum absolute atomic E-state index is 5.34. The van der Waals surface area contributed by atoms with E-state index in [0.29, 0.717) is 19.8 Å². The van der Waals surface area contributed by atoms with Crippen molar-refractivity contribution in [2.45, 2.75) is 20.4 Å². The highest BCUT2D eigenvalue weighted by Gasteiger charge is 2.19. The van der Waals surface area contributed by atoms with Crippen LogP contribution in [0.25, 0.3) is 33.4 Å². The van der Waals surface area contributed by atoms with Gasteiger partial charge < -0.3 is 4.90 Å². The molecule has 0 amide bonds. The summed E-state index contributed by atoms with van der Waals surface area (Å²) in [6.45, 7) is 7.85. The summed E-state index contributed by atoms with van der Waals surface area (Å²) in [4.78, 5) is 12.8. The van der Waals surface area contributed by atoms with Crippen LogP contribution in [0.5, 0.6) is 0 Å². The SMILES string of the molecule is CCN(CC)c1ccc(/C=C/c2sc3ccccc3[n+]2CCOOCCI)c2nonc12. The fourth-order valence-corrected chi connectivity index (χ4v) is 4.94. The summed E-state index contributed by atoms with van der Waals surface area (Å²) in [6.07, 6.45) is 4.20. The first kappa shape index (κ1) is 23.1. The molecular formula is C23H26IN4O3S+. The van der Waals surface area contributed by atoms with Gasteiger partial charge in [-0.25, -0.2) is 14.4 Å². The molecule has 0 spiro atoms. The van der Waals surface area contributed by atoms with Gasteiger partial charge >= 0.3 is 0 Å². The van der Waals surface area contributed by atoms with Crippen LogP contribution < -0.4 is 9.47 Å². The van der Waals surface area contributed by atoms with E-state index in [-0.39, 0.29) is 0 Å². The summed E-state index contributed by atoms with van der Waals surface area (Å²) in [5, 5.41) is 9.48. The third kappa shape index (κ3) is 4.95. The molecule has 0 N–H and O–H groups in total. The first-order chi connectivity index (χ1) is 15.8. The number of hydrogen-bond acceptors (Lipinski definition) is 7. The van der Waals surface area contributed by atoms with Gasteiger partial charge in [0, 0.05) is 35.2 Å². The number of halogens is 1. The van der Waals surface area contributed by atoms with Gasteiger partial charge in [0.2, 0.25) is 5.52 Å². The summed E-state index contributed by atoms with van der Waals surface area (Å²) >= 11 is 4.01. The Bertz CT molecular complexity index is 1200. The molecule has 0 bridgehead atoms. The van der Waals surface area contributed by atoms with Crippen LogP contribution in [-0.2, 0) is 16.3 Å². The molecule has 0 radical (unpaired) electrons. The van der Waals surface area contributed by atoms with Gasteiger partial charge in [-0.2, -0.15) is 4.57 Å². The molecule has 2 aromatic heterocycles. The van der Waals surface area contributed by atoms with Gasteiger partial charge in [-0.05, 0) is 42.4 Å². The average Bonchev–Trinajstić information content (AvgIpc) is 3.44. The zero-order valence-electron chi connectivity index (χ0n) is 18.2. The fourth-order valence-electron chi connectivity index (χ4n) is 3.67. The van der Waals surface area contributed by atoms with Crippen LogP contribution in [0.3, 0.4) is 0 Å². The van der Waals surface area contributed by atoms with Gasteiger partial charge in [-0.3, -0.25) is 0 Å². The number of para-hydroxylation sites is 1. The molecule has 0 fully saturated rings. The van der Waals surface area contributed by atoms with Gasteiger partial charge in [0.1, 0.15) is 16.8 Å². The maximum atomic E-state index is 5.34. The summed E-state index contributed by atoms with van der Waals surface area (Å²) in [5.41, 5.74) is 4.77. The molecule has 4 aromatic rings. The monoisotopic (exact) mass is 565 g/mol. The number of fused-ring (bicyclic) bond motifs is 2. The van der Waals surface area contributed by atoms with Gasteiger partial charge in [-0.1, -0.05) is 52.1 Å². The van der Waals surface area contributed by atoms with Crippen LogP contribution in [0.4, 0.5) is 5.69 Å². The summed E-state index contributed by atoms with van der Waals surface area (Å²) < 4.78 is 9.49. The second-order valence-corrected chi connectivity index (χ2v) is 9.17. The molecule has 0 aliphatic carbocycles. The van der Waals surface area contributed by atoms with Crippen molar-refractivity contribution in [3.63, 3.8) is 0 Å². The number of anilines is 1. The Kier molecular flexibility index (Phi) is 8.06. The van der Waals surface area contributed by atoms with E-state index < -0.39 is 0 Å². The third-order valence-corrected chi connectivity index (χ3v) is 6.78. The molecule has 0 aliphatic rings. The van der Waals surface area contributed by atoms with Gasteiger partial charge in [0.15, 0.2) is 12.1 Å². The summed E-state index contributed by atoms with van der Waals surface area (Å²) in [5.74, 6) is 0. The van der Waals surface area contributed by atoms with Crippen LogP contribution in [-0.4, -0.2) is 41.0 Å². The third-order valence-electron chi connectivity index (χ3n) is 5.21. The van der Waals surface area contributed by atoms with Crippen molar-refractivity contribution in [1.82, 2.24) is 10.3 Å². The Morgan fingerprint density at radius 1 is 1.03 bits per heavy atom. The van der Waals surface area contributed by atoms with Crippen molar-refractivity contribution in [2.75, 3.05) is 35.6 Å². The van der Waals surface area contributed by atoms with Gasteiger partial charge in [0.25, 0.3) is 5.01 Å². The number of benzene rings is 2. The zero-order chi connectivity index (χ0) is 22.3. The van der Waals surface area contributed by atoms with E-state index in [1.54, 1.807) is 11.3 Å². The molecule has 0 atom stereocenters. The summed E-state index contributed by atoms with van der Waals surface area (Å²) in [7, 11) is 0. The van der Waals surface area contributed by atoms with E-state index in [1.807, 2.05) is 0 Å². The van der Waals surface area contributed by atoms with Crippen LogP contribution in [0.1, 0.15) is 24.4 Å². The topological polar surface area (TPSA) is 64.5 Å². The van der Waals surface area contributed by atoms with E-state index in [4.69, 9.17) is 14.4 Å². The predicted octanol–water partition coefficient (Wildman–Crippen LogP) is 5.12. The molecule has 9 heteroatoms. The lowest BCUT2D eigenvalue weighted by atomic mass is 10.1. The number of hydrogen-bond donors (Lipinski definition) is 0. The molecule has 4 rings (SSSR count). The Balaban J connectivity index is 1.64. The quantitative estimate of drug-likeness (QED) is 0.0628. The number of thiazole rings is 1. The highest BCUT2D eigenvalue weighted by atomic mass is 127. The maximum Gasteiger partial charge on any atom is 0.262 e. The van der Waals surface area contributed by atoms with E-state index in [1.165, 1.54) is 10.2 Å². The number of aromatic nitrogens is 3. The summed E-state index contributed by atoms with van der Waals surface area (Å²) in [6, 6.07) is 12.6. The van der Waals surface area contributed by atoms with Crippen molar-refractivity contribution in [3.8, 4) is 0 Å². The first-order valence-electron chi connectivity index (χ1n) is 10.7. The number of nitrogens with zero attached hydrogens (tertiary/aromatic N) is 4. The molecule has 0 saturated carbocycles. The van der Waals surface area contributed by atoms with Crippen LogP contribution >= 0.6 is 33.9 Å². The lowest BCUT2D eigenvalue weighted by Gasteiger charge is -2.20. The Morgan fingerprint density at radius 3 is 2.62 bits per heavy atom. The van der Waals surface area contributed by atoms with Crippen molar-refractivity contribution in [1.29, 1.82) is 0 Å². The molecule has 7 nitrogen and oxygen atoms in total. The average molecular weight is 565 g/mol. The van der Waals surface area contributed by atoms with Gasteiger partial charge in [-0.15, -0.1) is 0 Å². The van der Waals surface area contributed by atoms with E-state index >= 15 is 0 Å². The smallest absolute Gasteiger partial charge is 0.262 e. The van der Waals surface area contributed by atoms with Crippen LogP contribution in [0.15, 0.2) is 41.0 Å². The minimum absolute atomic E-state index is 0.485. The van der Waals surface area contributed by atoms with Crippen molar-refractivity contribution >= 4 is 73.0 Å². The number of alkyl halides is 1. The van der Waals surface area contributed by atoms with E-state index in [2.05, 4.69) is 105 Å². The van der Waals surface area contributed by atoms with Gasteiger partial charge in [0.05, 0.1) is 12.3 Å². The second kappa shape index (κ2) is 11.2. The number of rotatable bonds is 11. The fraction of sp³-hybridized carbons (Fsp3) is 0.348. The molecule has 32 heavy (non-hydrogen) atoms.